The highest BCUT2D eigenvalue weighted by molar-refractivity contribution is 5.41. The number of aryl methyl sites for hydroxylation is 1. The Labute approximate surface area is 157 Å². The zero-order chi connectivity index (χ0) is 17.9. The summed E-state index contributed by atoms with van der Waals surface area (Å²) in [6.07, 6.45) is 7.85. The Balaban J connectivity index is 1.40. The normalized spacial score (nSPS) is 42.4. The molecule has 4 aliphatic carbocycles. The maximum atomic E-state index is 6.52. The minimum atomic E-state index is 0.168. The molecule has 0 aromatic heterocycles. The van der Waals surface area contributed by atoms with Crippen molar-refractivity contribution in [3.05, 3.63) is 29.3 Å². The van der Waals surface area contributed by atoms with Crippen LogP contribution in [0.5, 0.6) is 5.75 Å². The van der Waals surface area contributed by atoms with E-state index in [0.29, 0.717) is 5.41 Å². The van der Waals surface area contributed by atoms with Gasteiger partial charge in [-0.25, -0.2) is 0 Å². The highest BCUT2D eigenvalue weighted by Crippen LogP contribution is 2.76. The van der Waals surface area contributed by atoms with Gasteiger partial charge in [0.1, 0.15) is 5.75 Å². The van der Waals surface area contributed by atoms with Gasteiger partial charge < -0.3 is 14.2 Å². The molecular formula is C23H32O3. The van der Waals surface area contributed by atoms with Crippen molar-refractivity contribution < 1.29 is 14.2 Å². The highest BCUT2D eigenvalue weighted by Gasteiger charge is 2.75. The Hall–Kier alpha value is -1.06. The van der Waals surface area contributed by atoms with Crippen molar-refractivity contribution >= 4 is 0 Å². The number of hydrogen-bond acceptors (Lipinski definition) is 3. The first-order valence-electron chi connectivity index (χ1n) is 10.4. The van der Waals surface area contributed by atoms with Crippen LogP contribution >= 0.6 is 0 Å². The molecule has 3 nitrogen and oxygen atoms in total. The molecule has 0 N–H and O–H groups in total. The molecule has 5 rings (SSSR count). The van der Waals surface area contributed by atoms with E-state index in [1.165, 1.54) is 44.1 Å². The van der Waals surface area contributed by atoms with Crippen LogP contribution in [0.4, 0.5) is 0 Å². The van der Waals surface area contributed by atoms with E-state index in [9.17, 15) is 0 Å². The van der Waals surface area contributed by atoms with Gasteiger partial charge in [0.05, 0.1) is 25.9 Å². The van der Waals surface area contributed by atoms with Gasteiger partial charge in [0.25, 0.3) is 0 Å². The molecule has 0 bridgehead atoms. The lowest BCUT2D eigenvalue weighted by atomic mass is 9.54. The van der Waals surface area contributed by atoms with Crippen LogP contribution in [0.1, 0.15) is 56.1 Å². The fourth-order valence-electron chi connectivity index (χ4n) is 7.20. The van der Waals surface area contributed by atoms with Gasteiger partial charge >= 0.3 is 0 Å². The Bertz CT molecular complexity index is 701. The third-order valence-electron chi connectivity index (χ3n) is 8.52. The van der Waals surface area contributed by atoms with Crippen molar-refractivity contribution in [2.24, 2.45) is 23.2 Å². The number of hydrogen-bond donors (Lipinski definition) is 0. The lowest BCUT2D eigenvalue weighted by Crippen LogP contribution is -2.48. The molecule has 142 valence electrons. The summed E-state index contributed by atoms with van der Waals surface area (Å²) in [5, 5.41) is 0. The maximum Gasteiger partial charge on any atom is 0.119 e. The van der Waals surface area contributed by atoms with E-state index in [0.717, 1.165) is 42.6 Å². The van der Waals surface area contributed by atoms with Crippen LogP contribution in [0, 0.1) is 23.2 Å². The second-order valence-electron chi connectivity index (χ2n) is 9.30. The van der Waals surface area contributed by atoms with Gasteiger partial charge in [-0.1, -0.05) is 13.0 Å². The van der Waals surface area contributed by atoms with Crippen LogP contribution in [-0.2, 0) is 15.9 Å². The van der Waals surface area contributed by atoms with Crippen LogP contribution < -0.4 is 4.74 Å². The summed E-state index contributed by atoms with van der Waals surface area (Å²) in [6, 6.07) is 6.80. The van der Waals surface area contributed by atoms with Crippen molar-refractivity contribution in [1.29, 1.82) is 0 Å². The molecule has 0 radical (unpaired) electrons. The molecule has 4 aliphatic rings. The van der Waals surface area contributed by atoms with E-state index in [4.69, 9.17) is 14.2 Å². The van der Waals surface area contributed by atoms with E-state index in [1.807, 2.05) is 0 Å². The van der Waals surface area contributed by atoms with Gasteiger partial charge in [-0.3, -0.25) is 0 Å². The molecule has 3 fully saturated rings. The summed E-state index contributed by atoms with van der Waals surface area (Å²) in [7, 11) is 3.54. The quantitative estimate of drug-likeness (QED) is 0.723. The molecule has 0 unspecified atom stereocenters. The van der Waals surface area contributed by atoms with E-state index in [-0.39, 0.29) is 5.60 Å². The van der Waals surface area contributed by atoms with Crippen molar-refractivity contribution in [3.63, 3.8) is 0 Å². The first-order valence-corrected chi connectivity index (χ1v) is 10.4. The number of fused-ring (bicyclic) bond motifs is 7. The molecule has 0 aliphatic heterocycles. The molecule has 3 heteroatoms. The van der Waals surface area contributed by atoms with E-state index in [1.54, 1.807) is 19.8 Å². The van der Waals surface area contributed by atoms with Gasteiger partial charge in [0.2, 0.25) is 0 Å². The van der Waals surface area contributed by atoms with Crippen molar-refractivity contribution in [3.8, 4) is 5.75 Å². The first kappa shape index (κ1) is 17.1. The monoisotopic (exact) mass is 356 g/mol. The van der Waals surface area contributed by atoms with Crippen LogP contribution in [0.2, 0.25) is 0 Å². The van der Waals surface area contributed by atoms with Crippen LogP contribution in [-0.4, -0.2) is 33.0 Å². The van der Waals surface area contributed by atoms with Crippen molar-refractivity contribution in [2.75, 3.05) is 27.4 Å². The Kier molecular flexibility index (Phi) is 3.92. The van der Waals surface area contributed by atoms with Gasteiger partial charge in [0.15, 0.2) is 0 Å². The van der Waals surface area contributed by atoms with Crippen LogP contribution in [0.25, 0.3) is 0 Å². The minimum absolute atomic E-state index is 0.168. The fraction of sp³-hybridized carbons (Fsp3) is 0.739. The van der Waals surface area contributed by atoms with Gasteiger partial charge in [-0.15, -0.1) is 0 Å². The van der Waals surface area contributed by atoms with Gasteiger partial charge in [0, 0.05) is 12.5 Å². The number of rotatable bonds is 5. The van der Waals surface area contributed by atoms with Crippen LogP contribution in [0.15, 0.2) is 18.2 Å². The predicted octanol–water partition coefficient (Wildman–Crippen LogP) is 4.58. The molecule has 0 amide bonds. The lowest BCUT2D eigenvalue weighted by molar-refractivity contribution is -0.107. The average Bonchev–Trinajstić information content (AvgIpc) is 3.32. The molecular weight excluding hydrogens is 324 g/mol. The smallest absolute Gasteiger partial charge is 0.119 e. The Morgan fingerprint density at radius 1 is 1.15 bits per heavy atom. The van der Waals surface area contributed by atoms with Crippen LogP contribution in [0.3, 0.4) is 0 Å². The van der Waals surface area contributed by atoms with Crippen molar-refractivity contribution in [2.45, 2.75) is 57.0 Å². The summed E-state index contributed by atoms with van der Waals surface area (Å²) in [6.45, 7) is 4.03. The predicted molar refractivity (Wildman–Crippen MR) is 102 cm³/mol. The number of methoxy groups -OCH3 is 2. The second-order valence-corrected chi connectivity index (χ2v) is 9.30. The molecule has 6 atom stereocenters. The number of benzene rings is 1. The standard InChI is InChI=1S/C23H32O3/c1-22-9-8-19-18-7-5-17(25-3)12-15(18)4-6-20(19)21(22)13-16-14-23(16,22)26-11-10-24-2/h5,7,12,16,19-21H,4,6,8-11,13-14H2,1-3H3/t16-,19+,20+,21-,22-,23-/m0/s1. The molecule has 0 saturated heterocycles. The topological polar surface area (TPSA) is 27.7 Å². The Morgan fingerprint density at radius 2 is 2.04 bits per heavy atom. The minimum Gasteiger partial charge on any atom is -0.497 e. The van der Waals surface area contributed by atoms with E-state index >= 15 is 0 Å². The van der Waals surface area contributed by atoms with Crippen molar-refractivity contribution in [1.82, 2.24) is 0 Å². The van der Waals surface area contributed by atoms with E-state index < -0.39 is 0 Å². The maximum absolute atomic E-state index is 6.52. The summed E-state index contributed by atoms with van der Waals surface area (Å²) in [5.74, 6) is 4.22. The molecule has 1 aromatic carbocycles. The number of ether oxygens (including phenoxy) is 3. The molecule has 0 heterocycles. The second kappa shape index (κ2) is 5.97. The Morgan fingerprint density at radius 3 is 2.85 bits per heavy atom. The molecule has 26 heavy (non-hydrogen) atoms. The third-order valence-corrected chi connectivity index (χ3v) is 8.52. The summed E-state index contributed by atoms with van der Waals surface area (Å²) in [5.41, 5.74) is 3.68. The summed E-state index contributed by atoms with van der Waals surface area (Å²) < 4.78 is 17.2. The fourth-order valence-corrected chi connectivity index (χ4v) is 7.20. The SMILES string of the molecule is COCCO[C@@]12C[C@@H]1C[C@H]1[C@@H]3CCc4cc(OC)ccc4[C@H]3CC[C@@]12C. The summed E-state index contributed by atoms with van der Waals surface area (Å²) >= 11 is 0. The molecule has 0 spiro atoms. The largest absolute Gasteiger partial charge is 0.497 e. The average molecular weight is 357 g/mol. The third kappa shape index (κ3) is 2.19. The molecule has 3 saturated carbocycles. The highest BCUT2D eigenvalue weighted by atomic mass is 16.5. The first-order chi connectivity index (χ1) is 12.6. The lowest BCUT2D eigenvalue weighted by Gasteiger charge is -2.52. The van der Waals surface area contributed by atoms with E-state index in [2.05, 4.69) is 25.1 Å². The van der Waals surface area contributed by atoms with Gasteiger partial charge in [-0.05, 0) is 85.5 Å². The summed E-state index contributed by atoms with van der Waals surface area (Å²) in [4.78, 5) is 0. The zero-order valence-electron chi connectivity index (χ0n) is 16.4. The zero-order valence-corrected chi connectivity index (χ0v) is 16.4. The van der Waals surface area contributed by atoms with Gasteiger partial charge in [-0.2, -0.15) is 0 Å². The molecule has 1 aromatic rings.